The zero-order valence-electron chi connectivity index (χ0n) is 11.2. The first-order valence-electron chi connectivity index (χ1n) is 6.02. The summed E-state index contributed by atoms with van der Waals surface area (Å²) in [5, 5.41) is 13.4. The summed E-state index contributed by atoms with van der Waals surface area (Å²) in [4.78, 5) is 22.2. The fraction of sp³-hybridized carbons (Fsp3) is 0.583. The van der Waals surface area contributed by atoms with Gasteiger partial charge in [-0.25, -0.2) is 0 Å². The second-order valence-corrected chi connectivity index (χ2v) is 5.21. The van der Waals surface area contributed by atoms with Crippen LogP contribution in [-0.4, -0.2) is 27.3 Å². The largest absolute Gasteiger partial charge is 0.347 e. The zero-order chi connectivity index (χ0) is 14.6. The first kappa shape index (κ1) is 15.5. The Morgan fingerprint density at radius 2 is 2.21 bits per heavy atom. The normalized spacial score (nSPS) is 12.5. The number of carbonyl (C=O) groups is 1. The molecule has 1 atom stereocenters. The molecule has 0 aliphatic rings. The van der Waals surface area contributed by atoms with Crippen molar-refractivity contribution >= 4 is 23.2 Å². The molecule has 106 valence electrons. The molecule has 7 heteroatoms. The number of alkyl halides is 1. The van der Waals surface area contributed by atoms with Crippen LogP contribution in [0.2, 0.25) is 0 Å². The number of aromatic nitrogens is 1. The topological polar surface area (TPSA) is 77.2 Å². The summed E-state index contributed by atoms with van der Waals surface area (Å²) in [6, 6.07) is 1.12. The molecule has 1 unspecified atom stereocenters. The van der Waals surface area contributed by atoms with Crippen molar-refractivity contribution in [3.8, 4) is 0 Å². The van der Waals surface area contributed by atoms with Gasteiger partial charge in [0.1, 0.15) is 5.69 Å². The quantitative estimate of drug-likeness (QED) is 0.495. The number of hydrogen-bond donors (Lipinski definition) is 1. The highest BCUT2D eigenvalue weighted by Gasteiger charge is 2.20. The Morgan fingerprint density at radius 3 is 2.63 bits per heavy atom. The van der Waals surface area contributed by atoms with Gasteiger partial charge in [0.15, 0.2) is 0 Å². The number of rotatable bonds is 6. The number of nitrogens with one attached hydrogen (secondary N) is 1. The average Bonchev–Trinajstić information content (AvgIpc) is 2.70. The fourth-order valence-electron chi connectivity index (χ4n) is 1.86. The molecule has 1 aromatic heterocycles. The monoisotopic (exact) mass is 287 g/mol. The van der Waals surface area contributed by atoms with Gasteiger partial charge < -0.3 is 9.88 Å². The van der Waals surface area contributed by atoms with Crippen LogP contribution in [0.3, 0.4) is 0 Å². The van der Waals surface area contributed by atoms with Gasteiger partial charge in [-0.3, -0.25) is 14.9 Å². The van der Waals surface area contributed by atoms with E-state index in [4.69, 9.17) is 11.6 Å². The van der Waals surface area contributed by atoms with Crippen molar-refractivity contribution in [3.63, 3.8) is 0 Å². The molecule has 0 aliphatic carbocycles. The number of aryl methyl sites for hydroxylation is 1. The number of carbonyl (C=O) groups excluding carboxylic acids is 1. The summed E-state index contributed by atoms with van der Waals surface area (Å²) in [7, 11) is 1.60. The molecule has 0 bridgehead atoms. The Bertz CT molecular complexity index is 471. The molecule has 1 rings (SSSR count). The second-order valence-electron chi connectivity index (χ2n) is 4.91. The van der Waals surface area contributed by atoms with Crippen molar-refractivity contribution in [2.24, 2.45) is 13.0 Å². The van der Waals surface area contributed by atoms with E-state index in [0.717, 1.165) is 6.42 Å². The van der Waals surface area contributed by atoms with Gasteiger partial charge in [0.05, 0.1) is 11.1 Å². The Hall–Kier alpha value is -1.56. The molecule has 0 aliphatic heterocycles. The molecule has 19 heavy (non-hydrogen) atoms. The summed E-state index contributed by atoms with van der Waals surface area (Å²) in [5.41, 5.74) is 0.157. The molecule has 1 aromatic rings. The summed E-state index contributed by atoms with van der Waals surface area (Å²) in [6.07, 6.45) is 2.08. The first-order chi connectivity index (χ1) is 8.85. The van der Waals surface area contributed by atoms with Gasteiger partial charge in [-0.2, -0.15) is 0 Å². The maximum atomic E-state index is 12.0. The minimum absolute atomic E-state index is 0.0982. The SMILES string of the molecule is CC(C)CC(CCl)NC(=O)c1cc([N+](=O)[O-])cn1C. The third-order valence-electron chi connectivity index (χ3n) is 2.71. The highest BCUT2D eigenvalue weighted by Crippen LogP contribution is 2.15. The van der Waals surface area contributed by atoms with E-state index in [-0.39, 0.29) is 23.3 Å². The van der Waals surface area contributed by atoms with Gasteiger partial charge in [-0.15, -0.1) is 11.6 Å². The van der Waals surface area contributed by atoms with Gasteiger partial charge in [0.2, 0.25) is 0 Å². The molecule has 0 saturated heterocycles. The van der Waals surface area contributed by atoms with Crippen LogP contribution in [0.5, 0.6) is 0 Å². The van der Waals surface area contributed by atoms with Gasteiger partial charge in [-0.05, 0) is 12.3 Å². The van der Waals surface area contributed by atoms with E-state index in [1.165, 1.54) is 16.8 Å². The van der Waals surface area contributed by atoms with Gasteiger partial charge in [0.25, 0.3) is 11.6 Å². The van der Waals surface area contributed by atoms with Crippen molar-refractivity contribution in [2.45, 2.75) is 26.3 Å². The molecule has 0 saturated carbocycles. The van der Waals surface area contributed by atoms with E-state index >= 15 is 0 Å². The Balaban J connectivity index is 2.79. The molecule has 1 heterocycles. The lowest BCUT2D eigenvalue weighted by molar-refractivity contribution is -0.384. The highest BCUT2D eigenvalue weighted by atomic mass is 35.5. The maximum absolute atomic E-state index is 12.0. The van der Waals surface area contributed by atoms with Crippen molar-refractivity contribution in [1.29, 1.82) is 0 Å². The van der Waals surface area contributed by atoms with Gasteiger partial charge >= 0.3 is 0 Å². The van der Waals surface area contributed by atoms with Gasteiger partial charge in [0, 0.05) is 25.0 Å². The average molecular weight is 288 g/mol. The fourth-order valence-corrected chi connectivity index (χ4v) is 2.06. The molecular weight excluding hydrogens is 270 g/mol. The minimum atomic E-state index is -0.524. The van der Waals surface area contributed by atoms with Crippen LogP contribution in [0, 0.1) is 16.0 Å². The molecule has 0 spiro atoms. The third-order valence-corrected chi connectivity index (χ3v) is 3.08. The van der Waals surface area contributed by atoms with E-state index in [2.05, 4.69) is 5.32 Å². The van der Waals surface area contributed by atoms with Crippen molar-refractivity contribution < 1.29 is 9.72 Å². The Kier molecular flexibility index (Phi) is 5.35. The molecule has 1 amide bonds. The van der Waals surface area contributed by atoms with E-state index in [1.54, 1.807) is 7.05 Å². The smallest absolute Gasteiger partial charge is 0.287 e. The Labute approximate surface area is 116 Å². The van der Waals surface area contributed by atoms with Crippen LogP contribution in [0.25, 0.3) is 0 Å². The summed E-state index contributed by atoms with van der Waals surface area (Å²) >= 11 is 5.81. The van der Waals surface area contributed by atoms with E-state index < -0.39 is 4.92 Å². The summed E-state index contributed by atoms with van der Waals surface area (Å²) in [6.45, 7) is 4.08. The van der Waals surface area contributed by atoms with Crippen molar-refractivity contribution in [3.05, 3.63) is 28.1 Å². The lowest BCUT2D eigenvalue weighted by atomic mass is 10.1. The molecule has 1 N–H and O–H groups in total. The predicted octanol–water partition coefficient (Wildman–Crippen LogP) is 2.32. The maximum Gasteiger partial charge on any atom is 0.287 e. The molecule has 0 fully saturated rings. The van der Waals surface area contributed by atoms with Crippen LogP contribution in [0.1, 0.15) is 30.8 Å². The third kappa shape index (κ3) is 4.24. The minimum Gasteiger partial charge on any atom is -0.347 e. The highest BCUT2D eigenvalue weighted by molar-refractivity contribution is 6.18. The van der Waals surface area contributed by atoms with Crippen LogP contribution in [0.4, 0.5) is 5.69 Å². The lowest BCUT2D eigenvalue weighted by Gasteiger charge is -2.18. The standard InChI is InChI=1S/C12H18ClN3O3/c1-8(2)4-9(6-13)14-12(17)11-5-10(16(18)19)7-15(11)3/h5,7-9H,4,6H2,1-3H3,(H,14,17). The number of halogens is 1. The van der Waals surface area contributed by atoms with Crippen molar-refractivity contribution in [2.75, 3.05) is 5.88 Å². The Morgan fingerprint density at radius 1 is 1.58 bits per heavy atom. The van der Waals surface area contributed by atoms with Gasteiger partial charge in [-0.1, -0.05) is 13.8 Å². The van der Waals surface area contributed by atoms with Crippen LogP contribution >= 0.6 is 11.6 Å². The van der Waals surface area contributed by atoms with Crippen LogP contribution in [0.15, 0.2) is 12.3 Å². The van der Waals surface area contributed by atoms with E-state index in [0.29, 0.717) is 11.8 Å². The number of hydrogen-bond acceptors (Lipinski definition) is 3. The molecular formula is C12H18ClN3O3. The molecule has 0 radical (unpaired) electrons. The van der Waals surface area contributed by atoms with E-state index in [9.17, 15) is 14.9 Å². The number of nitrogens with zero attached hydrogens (tertiary/aromatic N) is 2. The second kappa shape index (κ2) is 6.56. The van der Waals surface area contributed by atoms with Crippen LogP contribution < -0.4 is 5.32 Å². The van der Waals surface area contributed by atoms with E-state index in [1.807, 2.05) is 13.8 Å². The summed E-state index contributed by atoms with van der Waals surface area (Å²) in [5.74, 6) is 0.380. The number of nitro groups is 1. The summed E-state index contributed by atoms with van der Waals surface area (Å²) < 4.78 is 1.44. The predicted molar refractivity (Wildman–Crippen MR) is 73.5 cm³/mol. The molecule has 6 nitrogen and oxygen atoms in total. The number of amides is 1. The zero-order valence-corrected chi connectivity index (χ0v) is 12.0. The first-order valence-corrected chi connectivity index (χ1v) is 6.56. The van der Waals surface area contributed by atoms with Crippen molar-refractivity contribution in [1.82, 2.24) is 9.88 Å². The van der Waals surface area contributed by atoms with Crippen LogP contribution in [-0.2, 0) is 7.05 Å². The molecule has 0 aromatic carbocycles. The lowest BCUT2D eigenvalue weighted by Crippen LogP contribution is -2.37.